The van der Waals surface area contributed by atoms with Crippen LogP contribution in [0.3, 0.4) is 0 Å². The van der Waals surface area contributed by atoms with E-state index in [2.05, 4.69) is 29.0 Å². The van der Waals surface area contributed by atoms with Gasteiger partial charge in [-0.2, -0.15) is 0 Å². The van der Waals surface area contributed by atoms with E-state index >= 15 is 0 Å². The first kappa shape index (κ1) is 14.3. The van der Waals surface area contributed by atoms with Gasteiger partial charge >= 0.3 is 0 Å². The van der Waals surface area contributed by atoms with E-state index in [0.29, 0.717) is 6.61 Å². The van der Waals surface area contributed by atoms with Crippen molar-refractivity contribution in [1.82, 2.24) is 10.3 Å². The molecule has 0 aliphatic heterocycles. The van der Waals surface area contributed by atoms with E-state index < -0.39 is 0 Å². The minimum Gasteiger partial charge on any atom is -0.502 e. The van der Waals surface area contributed by atoms with Gasteiger partial charge in [-0.25, -0.2) is 0 Å². The Hall–Kier alpha value is -2.13. The van der Waals surface area contributed by atoms with Crippen LogP contribution in [0.1, 0.15) is 23.7 Å². The van der Waals surface area contributed by atoms with Crippen LogP contribution in [-0.4, -0.2) is 18.1 Å². The third-order valence-electron chi connectivity index (χ3n) is 3.02. The number of nitrogens with one attached hydrogen (secondary N) is 1. The molecule has 0 radical (unpaired) electrons. The normalized spacial score (nSPS) is 11.8. The lowest BCUT2D eigenvalue weighted by molar-refractivity contribution is 0.243. The minimum atomic E-state index is 0.112. The third kappa shape index (κ3) is 4.21. The summed E-state index contributed by atoms with van der Waals surface area (Å²) in [4.78, 5) is 4.46. The third-order valence-corrected chi connectivity index (χ3v) is 3.02. The molecule has 1 heterocycles. The minimum absolute atomic E-state index is 0.112. The van der Waals surface area contributed by atoms with Gasteiger partial charge in [0.2, 0.25) is 0 Å². The topological polar surface area (TPSA) is 34.1 Å². The summed E-state index contributed by atoms with van der Waals surface area (Å²) in [5.41, 5.74) is 2.25. The second-order valence-electron chi connectivity index (χ2n) is 4.44. The summed E-state index contributed by atoms with van der Waals surface area (Å²) >= 11 is 0. The molecule has 0 saturated heterocycles. The zero-order chi connectivity index (χ0) is 14.0. The first-order valence-electron chi connectivity index (χ1n) is 6.83. The first-order chi connectivity index (χ1) is 9.92. The summed E-state index contributed by atoms with van der Waals surface area (Å²) in [7, 11) is 0. The summed E-state index contributed by atoms with van der Waals surface area (Å²) in [6.07, 6.45) is 4.24. The van der Waals surface area contributed by atoms with Crippen molar-refractivity contribution in [3.05, 3.63) is 78.8 Å². The second-order valence-corrected chi connectivity index (χ2v) is 4.44. The molecular formula is C17H20N2O. The number of benzene rings is 1. The maximum absolute atomic E-state index is 5.13. The molecule has 3 heteroatoms. The van der Waals surface area contributed by atoms with E-state index in [1.54, 1.807) is 0 Å². The molecular weight excluding hydrogens is 248 g/mol. The van der Waals surface area contributed by atoms with E-state index in [-0.39, 0.29) is 6.04 Å². The molecule has 2 aromatic rings. The van der Waals surface area contributed by atoms with Crippen molar-refractivity contribution in [3.8, 4) is 0 Å². The van der Waals surface area contributed by atoms with Crippen molar-refractivity contribution < 1.29 is 4.74 Å². The van der Waals surface area contributed by atoms with Gasteiger partial charge in [-0.15, -0.1) is 0 Å². The lowest BCUT2D eigenvalue weighted by Crippen LogP contribution is -2.25. The number of rotatable bonds is 8. The van der Waals surface area contributed by atoms with Crippen LogP contribution in [0.4, 0.5) is 0 Å². The zero-order valence-electron chi connectivity index (χ0n) is 11.5. The molecule has 3 nitrogen and oxygen atoms in total. The standard InChI is InChI=1S/C17H20N2O/c1-2-20-14-8-13-19-17(15-9-4-3-5-10-15)16-11-6-7-12-18-16/h2-7,9-12,17,19H,1,8,13-14H2. The maximum Gasteiger partial charge on any atom is 0.0885 e. The number of hydrogen-bond acceptors (Lipinski definition) is 3. The molecule has 0 amide bonds. The average molecular weight is 268 g/mol. The fourth-order valence-electron chi connectivity index (χ4n) is 2.07. The Kier molecular flexibility index (Phi) is 5.80. The summed E-state index contributed by atoms with van der Waals surface area (Å²) in [5, 5.41) is 3.53. The summed E-state index contributed by atoms with van der Waals surface area (Å²) < 4.78 is 5.13. The Labute approximate surface area is 120 Å². The quantitative estimate of drug-likeness (QED) is 0.589. The smallest absolute Gasteiger partial charge is 0.0885 e. The SMILES string of the molecule is C=COCCCNC(c1ccccc1)c1ccccn1. The fourth-order valence-corrected chi connectivity index (χ4v) is 2.07. The lowest BCUT2D eigenvalue weighted by Gasteiger charge is -2.18. The molecule has 2 rings (SSSR count). The van der Waals surface area contributed by atoms with Crippen LogP contribution >= 0.6 is 0 Å². The van der Waals surface area contributed by atoms with E-state index in [0.717, 1.165) is 18.7 Å². The Bertz CT molecular complexity index is 459. The van der Waals surface area contributed by atoms with E-state index in [1.807, 2.05) is 42.6 Å². The largest absolute Gasteiger partial charge is 0.502 e. The summed E-state index contributed by atoms with van der Waals surface area (Å²) in [6.45, 7) is 5.08. The molecule has 1 N–H and O–H groups in total. The molecule has 1 aromatic heterocycles. The Balaban J connectivity index is 2.03. The van der Waals surface area contributed by atoms with Crippen molar-refractivity contribution in [2.75, 3.05) is 13.2 Å². The van der Waals surface area contributed by atoms with Gasteiger partial charge in [0, 0.05) is 6.20 Å². The number of nitrogens with zero attached hydrogens (tertiary/aromatic N) is 1. The number of pyridine rings is 1. The van der Waals surface area contributed by atoms with Gasteiger partial charge in [0.05, 0.1) is 24.6 Å². The van der Waals surface area contributed by atoms with Crippen LogP contribution in [0.25, 0.3) is 0 Å². The summed E-state index contributed by atoms with van der Waals surface area (Å²) in [5.74, 6) is 0. The van der Waals surface area contributed by atoms with Crippen molar-refractivity contribution in [2.24, 2.45) is 0 Å². The maximum atomic E-state index is 5.13. The highest BCUT2D eigenvalue weighted by Gasteiger charge is 2.13. The first-order valence-corrected chi connectivity index (χ1v) is 6.83. The van der Waals surface area contributed by atoms with Gasteiger partial charge in [-0.1, -0.05) is 43.0 Å². The average Bonchev–Trinajstić information content (AvgIpc) is 2.53. The highest BCUT2D eigenvalue weighted by atomic mass is 16.5. The zero-order valence-corrected chi connectivity index (χ0v) is 11.5. The molecule has 0 spiro atoms. The van der Waals surface area contributed by atoms with Crippen LogP contribution in [0.15, 0.2) is 67.6 Å². The molecule has 1 unspecified atom stereocenters. The molecule has 20 heavy (non-hydrogen) atoms. The van der Waals surface area contributed by atoms with Crippen LogP contribution in [0.2, 0.25) is 0 Å². The molecule has 1 atom stereocenters. The monoisotopic (exact) mass is 268 g/mol. The lowest BCUT2D eigenvalue weighted by atomic mass is 10.0. The van der Waals surface area contributed by atoms with Crippen molar-refractivity contribution >= 4 is 0 Å². The molecule has 0 aliphatic carbocycles. The van der Waals surface area contributed by atoms with Crippen LogP contribution < -0.4 is 5.32 Å². The van der Waals surface area contributed by atoms with Gasteiger partial charge in [-0.3, -0.25) is 4.98 Å². The van der Waals surface area contributed by atoms with Crippen LogP contribution in [0.5, 0.6) is 0 Å². The number of ether oxygens (including phenoxy) is 1. The van der Waals surface area contributed by atoms with Gasteiger partial charge in [0.1, 0.15) is 0 Å². The van der Waals surface area contributed by atoms with Crippen LogP contribution in [-0.2, 0) is 4.74 Å². The molecule has 0 aliphatic rings. The molecule has 0 bridgehead atoms. The van der Waals surface area contributed by atoms with Crippen molar-refractivity contribution in [3.63, 3.8) is 0 Å². The van der Waals surface area contributed by atoms with E-state index in [4.69, 9.17) is 4.74 Å². The predicted molar refractivity (Wildman–Crippen MR) is 81.3 cm³/mol. The Morgan fingerprint density at radius 2 is 1.95 bits per heavy atom. The van der Waals surface area contributed by atoms with Crippen molar-refractivity contribution in [1.29, 1.82) is 0 Å². The predicted octanol–water partition coefficient (Wildman–Crippen LogP) is 3.31. The highest BCUT2D eigenvalue weighted by Crippen LogP contribution is 2.19. The van der Waals surface area contributed by atoms with Gasteiger partial charge in [0.15, 0.2) is 0 Å². The van der Waals surface area contributed by atoms with Gasteiger partial charge < -0.3 is 10.1 Å². The summed E-state index contributed by atoms with van der Waals surface area (Å²) in [6, 6.07) is 16.5. The van der Waals surface area contributed by atoms with Crippen molar-refractivity contribution in [2.45, 2.75) is 12.5 Å². The van der Waals surface area contributed by atoms with E-state index in [9.17, 15) is 0 Å². The van der Waals surface area contributed by atoms with E-state index in [1.165, 1.54) is 11.8 Å². The Morgan fingerprint density at radius 3 is 2.65 bits per heavy atom. The fraction of sp³-hybridized carbons (Fsp3) is 0.235. The number of aromatic nitrogens is 1. The van der Waals surface area contributed by atoms with Gasteiger partial charge in [0.25, 0.3) is 0 Å². The van der Waals surface area contributed by atoms with Crippen LogP contribution in [0, 0.1) is 0 Å². The molecule has 0 fully saturated rings. The molecule has 0 saturated carbocycles. The number of hydrogen-bond donors (Lipinski definition) is 1. The molecule has 1 aromatic carbocycles. The highest BCUT2D eigenvalue weighted by molar-refractivity contribution is 5.27. The Morgan fingerprint density at radius 1 is 1.15 bits per heavy atom. The second kappa shape index (κ2) is 8.12. The van der Waals surface area contributed by atoms with Gasteiger partial charge in [-0.05, 0) is 30.7 Å². The molecule has 104 valence electrons.